The lowest BCUT2D eigenvalue weighted by atomic mass is 10.3. The largest absolute Gasteiger partial charge is 0.417 e. The maximum absolute atomic E-state index is 12.2. The minimum absolute atomic E-state index is 0.342. The molecule has 2 rings (SSSR count). The Kier molecular flexibility index (Phi) is 2.99. The molecule has 0 aliphatic carbocycles. The van der Waals surface area contributed by atoms with Crippen molar-refractivity contribution >= 4 is 5.82 Å². The van der Waals surface area contributed by atoms with Gasteiger partial charge in [-0.05, 0) is 12.1 Å². The molecular formula is C10H8F3N3O. The number of rotatable bonds is 3. The Morgan fingerprint density at radius 2 is 2.06 bits per heavy atom. The predicted molar refractivity (Wildman–Crippen MR) is 53.1 cm³/mol. The summed E-state index contributed by atoms with van der Waals surface area (Å²) in [5.74, 6) is 0.348. The SMILES string of the molecule is FC(F)(F)c1ccc(NCc2ccon2)nc1. The number of pyridine rings is 1. The molecule has 2 aromatic rings. The van der Waals surface area contributed by atoms with E-state index >= 15 is 0 Å². The molecule has 2 aromatic heterocycles. The number of alkyl halides is 3. The summed E-state index contributed by atoms with van der Waals surface area (Å²) in [4.78, 5) is 3.66. The van der Waals surface area contributed by atoms with Crippen LogP contribution in [0.5, 0.6) is 0 Å². The van der Waals surface area contributed by atoms with Crippen LogP contribution < -0.4 is 5.32 Å². The minimum atomic E-state index is -4.36. The highest BCUT2D eigenvalue weighted by Crippen LogP contribution is 2.28. The first-order valence-corrected chi connectivity index (χ1v) is 4.72. The molecule has 90 valence electrons. The number of aromatic nitrogens is 2. The maximum Gasteiger partial charge on any atom is 0.417 e. The average molecular weight is 243 g/mol. The fourth-order valence-electron chi connectivity index (χ4n) is 1.18. The van der Waals surface area contributed by atoms with Crippen LogP contribution in [0.2, 0.25) is 0 Å². The second-order valence-corrected chi connectivity index (χ2v) is 3.27. The molecule has 0 aromatic carbocycles. The number of nitrogens with zero attached hydrogens (tertiary/aromatic N) is 2. The van der Waals surface area contributed by atoms with Gasteiger partial charge in [0.15, 0.2) is 0 Å². The topological polar surface area (TPSA) is 51.0 Å². The van der Waals surface area contributed by atoms with Crippen molar-refractivity contribution in [2.45, 2.75) is 12.7 Å². The highest BCUT2D eigenvalue weighted by atomic mass is 19.4. The molecule has 0 bridgehead atoms. The summed E-state index contributed by atoms with van der Waals surface area (Å²) in [5.41, 5.74) is -0.129. The van der Waals surface area contributed by atoms with Crippen molar-refractivity contribution in [1.29, 1.82) is 0 Å². The van der Waals surface area contributed by atoms with Gasteiger partial charge in [0, 0.05) is 12.3 Å². The monoisotopic (exact) mass is 243 g/mol. The number of hydrogen-bond donors (Lipinski definition) is 1. The number of hydrogen-bond acceptors (Lipinski definition) is 4. The lowest BCUT2D eigenvalue weighted by Gasteiger charge is -2.07. The van der Waals surface area contributed by atoms with Crippen LogP contribution in [0.15, 0.2) is 35.2 Å². The first-order chi connectivity index (χ1) is 8.05. The van der Waals surface area contributed by atoms with E-state index in [4.69, 9.17) is 0 Å². The van der Waals surface area contributed by atoms with Crippen molar-refractivity contribution in [3.8, 4) is 0 Å². The Morgan fingerprint density at radius 1 is 1.24 bits per heavy atom. The number of anilines is 1. The Morgan fingerprint density at radius 3 is 2.59 bits per heavy atom. The van der Waals surface area contributed by atoms with Gasteiger partial charge < -0.3 is 9.84 Å². The van der Waals surface area contributed by atoms with Gasteiger partial charge in [0.25, 0.3) is 0 Å². The molecule has 7 heteroatoms. The number of nitrogens with one attached hydrogen (secondary N) is 1. The van der Waals surface area contributed by atoms with Gasteiger partial charge in [0.2, 0.25) is 0 Å². The van der Waals surface area contributed by atoms with E-state index in [2.05, 4.69) is 20.0 Å². The van der Waals surface area contributed by atoms with Gasteiger partial charge in [0.05, 0.1) is 12.1 Å². The zero-order chi connectivity index (χ0) is 12.3. The van der Waals surface area contributed by atoms with Crippen LogP contribution in [-0.4, -0.2) is 10.1 Å². The van der Waals surface area contributed by atoms with Crippen LogP contribution in [0.25, 0.3) is 0 Å². The van der Waals surface area contributed by atoms with Gasteiger partial charge in [0.1, 0.15) is 17.8 Å². The summed E-state index contributed by atoms with van der Waals surface area (Å²) in [7, 11) is 0. The lowest BCUT2D eigenvalue weighted by molar-refractivity contribution is -0.137. The van der Waals surface area contributed by atoms with E-state index in [1.54, 1.807) is 6.07 Å². The summed E-state index contributed by atoms with van der Waals surface area (Å²) in [6.07, 6.45) is -2.17. The van der Waals surface area contributed by atoms with Crippen LogP contribution in [0.3, 0.4) is 0 Å². The highest BCUT2D eigenvalue weighted by molar-refractivity contribution is 5.36. The van der Waals surface area contributed by atoms with E-state index < -0.39 is 11.7 Å². The van der Waals surface area contributed by atoms with Crippen LogP contribution >= 0.6 is 0 Å². The summed E-state index contributed by atoms with van der Waals surface area (Å²) < 4.78 is 41.3. The van der Waals surface area contributed by atoms with Crippen molar-refractivity contribution in [3.05, 3.63) is 41.9 Å². The van der Waals surface area contributed by atoms with Crippen LogP contribution in [-0.2, 0) is 12.7 Å². The van der Waals surface area contributed by atoms with Crippen molar-refractivity contribution in [2.24, 2.45) is 0 Å². The van der Waals surface area contributed by atoms with Gasteiger partial charge in [-0.2, -0.15) is 13.2 Å². The molecule has 0 radical (unpaired) electrons. The Balaban J connectivity index is 1.99. The maximum atomic E-state index is 12.2. The standard InChI is InChI=1S/C10H8F3N3O/c11-10(12,13)7-1-2-9(14-5-7)15-6-8-3-4-17-16-8/h1-5H,6H2,(H,14,15). The van der Waals surface area contributed by atoms with E-state index in [1.165, 1.54) is 12.3 Å². The first kappa shape index (κ1) is 11.4. The second-order valence-electron chi connectivity index (χ2n) is 3.27. The normalized spacial score (nSPS) is 11.5. The van der Waals surface area contributed by atoms with Crippen molar-refractivity contribution in [2.75, 3.05) is 5.32 Å². The molecule has 4 nitrogen and oxygen atoms in total. The molecule has 0 spiro atoms. The number of halogens is 3. The second kappa shape index (κ2) is 4.44. The molecule has 0 fully saturated rings. The minimum Gasteiger partial charge on any atom is -0.364 e. The Labute approximate surface area is 94.4 Å². The van der Waals surface area contributed by atoms with E-state index in [0.717, 1.165) is 12.3 Å². The molecular weight excluding hydrogens is 235 g/mol. The summed E-state index contributed by atoms with van der Waals surface area (Å²) in [6.45, 7) is 0.342. The smallest absolute Gasteiger partial charge is 0.364 e. The van der Waals surface area contributed by atoms with Crippen LogP contribution in [0.1, 0.15) is 11.3 Å². The molecule has 0 unspecified atom stereocenters. The molecule has 0 saturated heterocycles. The Bertz CT molecular complexity index is 465. The Hall–Kier alpha value is -2.05. The van der Waals surface area contributed by atoms with E-state index in [0.29, 0.717) is 18.1 Å². The third-order valence-electron chi connectivity index (χ3n) is 2.03. The summed E-state index contributed by atoms with van der Waals surface area (Å²) in [6, 6.07) is 3.89. The molecule has 0 aliphatic rings. The van der Waals surface area contributed by atoms with Gasteiger partial charge in [-0.3, -0.25) is 0 Å². The highest BCUT2D eigenvalue weighted by Gasteiger charge is 2.30. The van der Waals surface area contributed by atoms with Crippen molar-refractivity contribution in [3.63, 3.8) is 0 Å². The molecule has 17 heavy (non-hydrogen) atoms. The zero-order valence-corrected chi connectivity index (χ0v) is 8.53. The van der Waals surface area contributed by atoms with Gasteiger partial charge in [-0.1, -0.05) is 5.16 Å². The molecule has 1 N–H and O–H groups in total. The summed E-state index contributed by atoms with van der Waals surface area (Å²) in [5, 5.41) is 6.47. The van der Waals surface area contributed by atoms with Crippen molar-refractivity contribution < 1.29 is 17.7 Å². The quantitative estimate of drug-likeness (QED) is 0.900. The third kappa shape index (κ3) is 2.96. The molecule has 0 saturated carbocycles. The lowest BCUT2D eigenvalue weighted by Crippen LogP contribution is -2.07. The van der Waals surface area contributed by atoms with Crippen LogP contribution in [0.4, 0.5) is 19.0 Å². The first-order valence-electron chi connectivity index (χ1n) is 4.72. The van der Waals surface area contributed by atoms with E-state index in [-0.39, 0.29) is 0 Å². The van der Waals surface area contributed by atoms with Crippen LogP contribution in [0, 0.1) is 0 Å². The van der Waals surface area contributed by atoms with Gasteiger partial charge in [-0.15, -0.1) is 0 Å². The van der Waals surface area contributed by atoms with E-state index in [9.17, 15) is 13.2 Å². The van der Waals surface area contributed by atoms with Gasteiger partial charge in [-0.25, -0.2) is 4.98 Å². The molecule has 0 amide bonds. The zero-order valence-electron chi connectivity index (χ0n) is 8.53. The molecule has 2 heterocycles. The predicted octanol–water partition coefficient (Wildman–Crippen LogP) is 2.70. The van der Waals surface area contributed by atoms with Gasteiger partial charge >= 0.3 is 6.18 Å². The molecule has 0 aliphatic heterocycles. The molecule has 0 atom stereocenters. The summed E-state index contributed by atoms with van der Waals surface area (Å²) >= 11 is 0. The third-order valence-corrected chi connectivity index (χ3v) is 2.03. The average Bonchev–Trinajstić information content (AvgIpc) is 2.78. The van der Waals surface area contributed by atoms with E-state index in [1.807, 2.05) is 0 Å². The fraction of sp³-hybridized carbons (Fsp3) is 0.200. The van der Waals surface area contributed by atoms with Crippen molar-refractivity contribution in [1.82, 2.24) is 10.1 Å². The fourth-order valence-corrected chi connectivity index (χ4v) is 1.18.